The van der Waals surface area contributed by atoms with Gasteiger partial charge in [0.1, 0.15) is 11.3 Å². The first-order valence-corrected chi connectivity index (χ1v) is 10.7. The van der Waals surface area contributed by atoms with Gasteiger partial charge in [-0.2, -0.15) is 0 Å². The molecule has 0 radical (unpaired) electrons. The van der Waals surface area contributed by atoms with Gasteiger partial charge < -0.3 is 19.4 Å². The number of furan rings is 1. The Balaban J connectivity index is 1.22. The van der Waals surface area contributed by atoms with E-state index in [0.29, 0.717) is 17.0 Å². The van der Waals surface area contributed by atoms with Gasteiger partial charge in [-0.05, 0) is 42.8 Å². The van der Waals surface area contributed by atoms with E-state index in [-0.39, 0.29) is 12.5 Å². The minimum atomic E-state index is -0.576. The lowest BCUT2D eigenvalue weighted by atomic mass is 10.2. The van der Waals surface area contributed by atoms with Gasteiger partial charge in [0.05, 0.1) is 6.26 Å². The number of hydrogen-bond acceptors (Lipinski definition) is 6. The Hall–Kier alpha value is -3.58. The van der Waals surface area contributed by atoms with Gasteiger partial charge in [0.25, 0.3) is 5.91 Å². The summed E-state index contributed by atoms with van der Waals surface area (Å²) in [4.78, 5) is 28.9. The number of nitrogens with zero attached hydrogens (tertiary/aromatic N) is 2. The molecular weight excluding hydrogens is 406 g/mol. The van der Waals surface area contributed by atoms with Crippen LogP contribution in [0.4, 0.5) is 11.4 Å². The van der Waals surface area contributed by atoms with E-state index in [0.717, 1.165) is 38.4 Å². The molecule has 0 saturated carbocycles. The number of anilines is 2. The third-order valence-corrected chi connectivity index (χ3v) is 5.55. The number of piperazine rings is 1. The van der Waals surface area contributed by atoms with E-state index in [9.17, 15) is 9.59 Å². The van der Waals surface area contributed by atoms with E-state index < -0.39 is 5.97 Å². The lowest BCUT2D eigenvalue weighted by Gasteiger charge is -2.36. The predicted octanol–water partition coefficient (Wildman–Crippen LogP) is 3.71. The van der Waals surface area contributed by atoms with Crippen LogP contribution in [0.3, 0.4) is 0 Å². The van der Waals surface area contributed by atoms with Crippen LogP contribution in [0.15, 0.2) is 71.3 Å². The fourth-order valence-corrected chi connectivity index (χ4v) is 3.76. The number of carbonyl (C=O) groups is 2. The maximum Gasteiger partial charge on any atom is 0.342 e. The summed E-state index contributed by atoms with van der Waals surface area (Å²) < 4.78 is 10.1. The molecule has 0 unspecified atom stereocenters. The molecule has 1 aliphatic heterocycles. The van der Waals surface area contributed by atoms with Crippen molar-refractivity contribution in [1.29, 1.82) is 0 Å². The maximum absolute atomic E-state index is 12.1. The number of hydrogen-bond donors (Lipinski definition) is 1. The molecule has 166 valence electrons. The van der Waals surface area contributed by atoms with Gasteiger partial charge in [-0.15, -0.1) is 0 Å². The first-order valence-electron chi connectivity index (χ1n) is 10.7. The highest BCUT2D eigenvalue weighted by Crippen LogP contribution is 2.20. The number of aryl methyl sites for hydroxylation is 1. The van der Waals surface area contributed by atoms with Crippen molar-refractivity contribution in [3.63, 3.8) is 0 Å². The molecule has 1 aromatic heterocycles. The molecule has 0 spiro atoms. The molecule has 2 heterocycles. The van der Waals surface area contributed by atoms with Gasteiger partial charge in [-0.1, -0.05) is 30.3 Å². The van der Waals surface area contributed by atoms with Crippen LogP contribution in [-0.4, -0.2) is 49.6 Å². The Kier molecular flexibility index (Phi) is 6.87. The molecule has 0 atom stereocenters. The van der Waals surface area contributed by atoms with Crippen molar-refractivity contribution in [3.05, 3.63) is 83.8 Å². The highest BCUT2D eigenvalue weighted by molar-refractivity contribution is 5.95. The summed E-state index contributed by atoms with van der Waals surface area (Å²) in [6.07, 6.45) is 1.41. The van der Waals surface area contributed by atoms with Crippen LogP contribution in [-0.2, 0) is 16.1 Å². The van der Waals surface area contributed by atoms with E-state index >= 15 is 0 Å². The van der Waals surface area contributed by atoms with Crippen LogP contribution < -0.4 is 10.2 Å². The highest BCUT2D eigenvalue weighted by Gasteiger charge is 2.18. The second kappa shape index (κ2) is 10.2. The van der Waals surface area contributed by atoms with Gasteiger partial charge in [-0.25, -0.2) is 4.79 Å². The lowest BCUT2D eigenvalue weighted by Crippen LogP contribution is -2.45. The van der Waals surface area contributed by atoms with E-state index in [1.807, 2.05) is 30.3 Å². The fraction of sp³-hybridized carbons (Fsp3) is 0.280. The van der Waals surface area contributed by atoms with Crippen LogP contribution >= 0.6 is 0 Å². The second-order valence-corrected chi connectivity index (χ2v) is 7.81. The average Bonchev–Trinajstić information content (AvgIpc) is 3.25. The molecule has 1 fully saturated rings. The van der Waals surface area contributed by atoms with Gasteiger partial charge in [0.15, 0.2) is 6.61 Å². The standard InChI is InChI=1S/C25H27N3O4/c1-19-23(11-16-31-19)25(30)32-18-24(29)26-21-7-9-22(10-8-21)28-14-12-27(13-15-28)17-20-5-3-2-4-6-20/h2-11,16H,12-15,17-18H2,1H3,(H,26,29). The zero-order valence-electron chi connectivity index (χ0n) is 18.1. The summed E-state index contributed by atoms with van der Waals surface area (Å²) >= 11 is 0. The molecule has 7 heteroatoms. The van der Waals surface area contributed by atoms with Crippen LogP contribution in [0, 0.1) is 6.92 Å². The van der Waals surface area contributed by atoms with E-state index in [1.54, 1.807) is 6.92 Å². The predicted molar refractivity (Wildman–Crippen MR) is 123 cm³/mol. The number of amides is 1. The van der Waals surface area contributed by atoms with Crippen molar-refractivity contribution in [2.75, 3.05) is 43.0 Å². The smallest absolute Gasteiger partial charge is 0.342 e. The first kappa shape index (κ1) is 21.6. The third-order valence-electron chi connectivity index (χ3n) is 5.55. The molecule has 4 rings (SSSR count). The molecule has 1 N–H and O–H groups in total. The van der Waals surface area contributed by atoms with Gasteiger partial charge in [-0.3, -0.25) is 9.69 Å². The Morgan fingerprint density at radius 2 is 1.69 bits per heavy atom. The SMILES string of the molecule is Cc1occc1C(=O)OCC(=O)Nc1ccc(N2CCN(Cc3ccccc3)CC2)cc1. The van der Waals surface area contributed by atoms with Crippen LogP contribution in [0.2, 0.25) is 0 Å². The Labute approximate surface area is 187 Å². The molecule has 1 aliphatic rings. The van der Waals surface area contributed by atoms with Crippen molar-refractivity contribution >= 4 is 23.3 Å². The van der Waals surface area contributed by atoms with Gasteiger partial charge in [0.2, 0.25) is 0 Å². The highest BCUT2D eigenvalue weighted by atomic mass is 16.5. The minimum Gasteiger partial charge on any atom is -0.469 e. The molecule has 1 saturated heterocycles. The number of ether oxygens (including phenoxy) is 1. The van der Waals surface area contributed by atoms with Crippen molar-refractivity contribution in [2.45, 2.75) is 13.5 Å². The van der Waals surface area contributed by atoms with Crippen LogP contribution in [0.1, 0.15) is 21.7 Å². The number of rotatable bonds is 7. The number of benzene rings is 2. The molecular formula is C25H27N3O4. The maximum atomic E-state index is 12.1. The van der Waals surface area contributed by atoms with Crippen LogP contribution in [0.25, 0.3) is 0 Å². The van der Waals surface area contributed by atoms with Gasteiger partial charge >= 0.3 is 5.97 Å². The summed E-state index contributed by atoms with van der Waals surface area (Å²) in [7, 11) is 0. The third kappa shape index (κ3) is 5.56. The molecule has 7 nitrogen and oxygen atoms in total. The Bertz CT molecular complexity index is 1040. The van der Waals surface area contributed by atoms with Crippen LogP contribution in [0.5, 0.6) is 0 Å². The van der Waals surface area contributed by atoms with E-state index in [4.69, 9.17) is 9.15 Å². The van der Waals surface area contributed by atoms with Crippen molar-refractivity contribution in [2.24, 2.45) is 0 Å². The van der Waals surface area contributed by atoms with Crippen molar-refractivity contribution < 1.29 is 18.7 Å². The van der Waals surface area contributed by atoms with E-state index in [2.05, 4.69) is 39.4 Å². The quantitative estimate of drug-likeness (QED) is 0.573. The molecule has 0 bridgehead atoms. The van der Waals surface area contributed by atoms with Gasteiger partial charge in [0, 0.05) is 44.1 Å². The molecule has 0 aliphatic carbocycles. The zero-order chi connectivity index (χ0) is 22.3. The molecule has 2 aromatic carbocycles. The summed E-state index contributed by atoms with van der Waals surface area (Å²) in [6.45, 7) is 6.23. The zero-order valence-corrected chi connectivity index (χ0v) is 18.1. The van der Waals surface area contributed by atoms with Crippen molar-refractivity contribution in [3.8, 4) is 0 Å². The molecule has 3 aromatic rings. The Morgan fingerprint density at radius 1 is 0.969 bits per heavy atom. The first-order chi connectivity index (χ1) is 15.6. The summed E-state index contributed by atoms with van der Waals surface area (Å²) in [5, 5.41) is 2.76. The van der Waals surface area contributed by atoms with Crippen molar-refractivity contribution in [1.82, 2.24) is 4.90 Å². The second-order valence-electron chi connectivity index (χ2n) is 7.81. The normalized spacial score (nSPS) is 14.2. The average molecular weight is 434 g/mol. The Morgan fingerprint density at radius 3 is 2.34 bits per heavy atom. The monoisotopic (exact) mass is 433 g/mol. The molecule has 1 amide bonds. The number of carbonyl (C=O) groups excluding carboxylic acids is 2. The lowest BCUT2D eigenvalue weighted by molar-refractivity contribution is -0.119. The number of nitrogens with one attached hydrogen (secondary N) is 1. The summed E-state index contributed by atoms with van der Waals surface area (Å²) in [6, 6.07) is 19.8. The number of esters is 1. The summed E-state index contributed by atoms with van der Waals surface area (Å²) in [5.41, 5.74) is 3.46. The topological polar surface area (TPSA) is 75.0 Å². The summed E-state index contributed by atoms with van der Waals surface area (Å²) in [5.74, 6) is -0.498. The molecule has 32 heavy (non-hydrogen) atoms. The van der Waals surface area contributed by atoms with E-state index in [1.165, 1.54) is 17.9 Å². The largest absolute Gasteiger partial charge is 0.469 e. The fourth-order valence-electron chi connectivity index (χ4n) is 3.76. The minimum absolute atomic E-state index is 0.325.